The monoisotopic (exact) mass is 508 g/mol. The first-order chi connectivity index (χ1) is 18.1. The lowest BCUT2D eigenvalue weighted by Gasteiger charge is -2.15. The highest BCUT2D eigenvalue weighted by molar-refractivity contribution is 6.07. The zero-order valence-corrected chi connectivity index (χ0v) is 22.8. The molecule has 0 spiro atoms. The normalized spacial score (nSPS) is 11.8. The van der Waals surface area contributed by atoms with Crippen LogP contribution in [-0.2, 0) is 4.74 Å². The van der Waals surface area contributed by atoms with Crippen LogP contribution in [0, 0.1) is 5.92 Å². The van der Waals surface area contributed by atoms with Gasteiger partial charge in [-0.3, -0.25) is 4.79 Å². The summed E-state index contributed by atoms with van der Waals surface area (Å²) in [7, 11) is 4.71. The summed E-state index contributed by atoms with van der Waals surface area (Å²) in [6.45, 7) is 6.40. The van der Waals surface area contributed by atoms with E-state index in [1.165, 1.54) is 19.3 Å². The minimum absolute atomic E-state index is 0.137. The van der Waals surface area contributed by atoms with Gasteiger partial charge in [-0.15, -0.1) is 0 Å². The van der Waals surface area contributed by atoms with E-state index < -0.39 is 0 Å². The molecular weight excluding hydrogens is 468 g/mol. The van der Waals surface area contributed by atoms with Gasteiger partial charge < -0.3 is 24.3 Å². The van der Waals surface area contributed by atoms with Crippen molar-refractivity contribution < 1.29 is 23.7 Å². The highest BCUT2D eigenvalue weighted by Gasteiger charge is 2.18. The van der Waals surface area contributed by atoms with Crippen LogP contribution in [-0.4, -0.2) is 52.0 Å². The second kappa shape index (κ2) is 14.4. The third-order valence-electron chi connectivity index (χ3n) is 6.57. The molecule has 0 fully saturated rings. The standard InChI is InChI=1S/C30H40N2O5/c1-6-8-12-21(7-2)20-37-16-11-15-31-30(33)24-19-26(32-25-14-10-9-13-23(24)25)22-17-27(34-3)29(36-5)28(18-22)35-4/h9-10,13-14,17-19,21H,6-8,11-12,15-16,20H2,1-5H3,(H,31,33)/t21-/m1/s1. The van der Waals surface area contributed by atoms with Crippen molar-refractivity contribution in [2.75, 3.05) is 41.1 Å². The third-order valence-corrected chi connectivity index (χ3v) is 6.57. The van der Waals surface area contributed by atoms with E-state index in [1.807, 2.05) is 42.5 Å². The average Bonchev–Trinajstić information content (AvgIpc) is 2.94. The first-order valence-corrected chi connectivity index (χ1v) is 13.1. The number of nitrogens with zero attached hydrogens (tertiary/aromatic N) is 1. The Hall–Kier alpha value is -3.32. The lowest BCUT2D eigenvalue weighted by Crippen LogP contribution is -2.26. The number of hydrogen-bond acceptors (Lipinski definition) is 6. The van der Waals surface area contributed by atoms with Crippen LogP contribution in [0.1, 0.15) is 56.3 Å². The molecule has 0 saturated carbocycles. The van der Waals surface area contributed by atoms with Gasteiger partial charge in [-0.05, 0) is 43.0 Å². The summed E-state index contributed by atoms with van der Waals surface area (Å²) in [5, 5.41) is 3.85. The zero-order valence-electron chi connectivity index (χ0n) is 22.8. The minimum Gasteiger partial charge on any atom is -0.493 e. The van der Waals surface area contributed by atoms with Crippen molar-refractivity contribution in [1.29, 1.82) is 0 Å². The number of aromatic nitrogens is 1. The first kappa shape index (κ1) is 28.3. The van der Waals surface area contributed by atoms with Gasteiger partial charge in [-0.25, -0.2) is 4.98 Å². The molecule has 1 amide bonds. The summed E-state index contributed by atoms with van der Waals surface area (Å²) < 4.78 is 22.3. The maximum atomic E-state index is 13.2. The van der Waals surface area contributed by atoms with Crippen molar-refractivity contribution in [3.05, 3.63) is 48.0 Å². The fourth-order valence-electron chi connectivity index (χ4n) is 4.36. The number of carbonyl (C=O) groups is 1. The Morgan fingerprint density at radius 3 is 2.35 bits per heavy atom. The zero-order chi connectivity index (χ0) is 26.6. The number of amides is 1. The van der Waals surface area contributed by atoms with Gasteiger partial charge in [0.05, 0.1) is 38.1 Å². The molecule has 0 aliphatic heterocycles. The maximum absolute atomic E-state index is 13.2. The highest BCUT2D eigenvalue weighted by atomic mass is 16.5. The van der Waals surface area contributed by atoms with E-state index in [4.69, 9.17) is 23.9 Å². The molecule has 3 rings (SSSR count). The molecule has 0 unspecified atom stereocenters. The summed E-state index contributed by atoms with van der Waals surface area (Å²) in [4.78, 5) is 18.1. The van der Waals surface area contributed by atoms with E-state index >= 15 is 0 Å². The smallest absolute Gasteiger partial charge is 0.252 e. The first-order valence-electron chi connectivity index (χ1n) is 13.1. The molecule has 0 radical (unpaired) electrons. The van der Waals surface area contributed by atoms with Gasteiger partial charge in [-0.1, -0.05) is 51.3 Å². The van der Waals surface area contributed by atoms with E-state index in [2.05, 4.69) is 19.2 Å². The Balaban J connectivity index is 1.74. The van der Waals surface area contributed by atoms with Crippen molar-refractivity contribution >= 4 is 16.8 Å². The van der Waals surface area contributed by atoms with Crippen LogP contribution in [0.3, 0.4) is 0 Å². The minimum atomic E-state index is -0.137. The number of hydrogen-bond donors (Lipinski definition) is 1. The molecule has 7 nitrogen and oxygen atoms in total. The number of fused-ring (bicyclic) bond motifs is 1. The Labute approximate surface area is 220 Å². The topological polar surface area (TPSA) is 78.9 Å². The number of pyridine rings is 1. The second-order valence-corrected chi connectivity index (χ2v) is 9.09. The SMILES string of the molecule is CCCC[C@@H](CC)COCCCNC(=O)c1cc(-c2cc(OC)c(OC)c(OC)c2)nc2ccccc12. The molecule has 7 heteroatoms. The van der Waals surface area contributed by atoms with Crippen LogP contribution in [0.4, 0.5) is 0 Å². The Morgan fingerprint density at radius 1 is 0.973 bits per heavy atom. The number of nitrogens with one attached hydrogen (secondary N) is 1. The lowest BCUT2D eigenvalue weighted by molar-refractivity contribution is 0.0876. The van der Waals surface area contributed by atoms with Crippen LogP contribution >= 0.6 is 0 Å². The van der Waals surface area contributed by atoms with Gasteiger partial charge in [0.25, 0.3) is 5.91 Å². The molecule has 200 valence electrons. The summed E-state index contributed by atoms with van der Waals surface area (Å²) >= 11 is 0. The maximum Gasteiger partial charge on any atom is 0.252 e. The predicted octanol–water partition coefficient (Wildman–Crippen LogP) is 6.28. The largest absolute Gasteiger partial charge is 0.493 e. The second-order valence-electron chi connectivity index (χ2n) is 9.09. The molecule has 1 N–H and O–H groups in total. The summed E-state index contributed by atoms with van der Waals surface area (Å²) in [5.74, 6) is 2.04. The van der Waals surface area contributed by atoms with Gasteiger partial charge in [0.15, 0.2) is 11.5 Å². The predicted molar refractivity (Wildman–Crippen MR) is 148 cm³/mol. The van der Waals surface area contributed by atoms with Gasteiger partial charge in [0.2, 0.25) is 5.75 Å². The van der Waals surface area contributed by atoms with Crippen molar-refractivity contribution in [1.82, 2.24) is 10.3 Å². The van der Waals surface area contributed by atoms with Crippen LogP contribution in [0.25, 0.3) is 22.2 Å². The Kier molecular flexibility index (Phi) is 11.0. The number of carbonyl (C=O) groups excluding carboxylic acids is 1. The Bertz CT molecular complexity index is 1140. The number of para-hydroxylation sites is 1. The third kappa shape index (κ3) is 7.35. The molecule has 0 saturated heterocycles. The van der Waals surface area contributed by atoms with Crippen LogP contribution in [0.5, 0.6) is 17.2 Å². The van der Waals surface area contributed by atoms with E-state index in [-0.39, 0.29) is 5.91 Å². The van der Waals surface area contributed by atoms with E-state index in [0.717, 1.165) is 35.9 Å². The van der Waals surface area contributed by atoms with Crippen LogP contribution in [0.15, 0.2) is 42.5 Å². The summed E-state index contributed by atoms with van der Waals surface area (Å²) in [6, 6.07) is 13.1. The quantitative estimate of drug-likeness (QED) is 0.243. The van der Waals surface area contributed by atoms with Gasteiger partial charge in [-0.2, -0.15) is 0 Å². The molecule has 0 aliphatic carbocycles. The van der Waals surface area contributed by atoms with Gasteiger partial charge >= 0.3 is 0 Å². The number of rotatable bonds is 15. The van der Waals surface area contributed by atoms with Crippen molar-refractivity contribution in [2.24, 2.45) is 5.92 Å². The van der Waals surface area contributed by atoms with E-state index in [0.29, 0.717) is 47.6 Å². The molecule has 1 atom stereocenters. The molecule has 0 aliphatic rings. The molecule has 2 aromatic carbocycles. The Morgan fingerprint density at radius 2 is 1.70 bits per heavy atom. The van der Waals surface area contributed by atoms with E-state index in [9.17, 15) is 4.79 Å². The van der Waals surface area contributed by atoms with Gasteiger partial charge in [0, 0.05) is 30.7 Å². The summed E-state index contributed by atoms with van der Waals surface area (Å²) in [5.41, 5.74) is 2.71. The molecule has 1 heterocycles. The number of benzene rings is 2. The average molecular weight is 509 g/mol. The van der Waals surface area contributed by atoms with E-state index in [1.54, 1.807) is 21.3 Å². The molecular formula is C30H40N2O5. The fourth-order valence-corrected chi connectivity index (χ4v) is 4.36. The lowest BCUT2D eigenvalue weighted by atomic mass is 10.0. The molecule has 0 bridgehead atoms. The summed E-state index contributed by atoms with van der Waals surface area (Å²) in [6.07, 6.45) is 5.58. The molecule has 37 heavy (non-hydrogen) atoms. The van der Waals surface area contributed by atoms with Crippen molar-refractivity contribution in [3.63, 3.8) is 0 Å². The molecule has 1 aromatic heterocycles. The molecule has 3 aromatic rings. The number of ether oxygens (including phenoxy) is 4. The van der Waals surface area contributed by atoms with Crippen molar-refractivity contribution in [3.8, 4) is 28.5 Å². The van der Waals surface area contributed by atoms with Gasteiger partial charge in [0.1, 0.15) is 0 Å². The number of unbranched alkanes of at least 4 members (excludes halogenated alkanes) is 1. The van der Waals surface area contributed by atoms with Crippen LogP contribution in [0.2, 0.25) is 0 Å². The number of methoxy groups -OCH3 is 3. The highest BCUT2D eigenvalue weighted by Crippen LogP contribution is 2.41. The van der Waals surface area contributed by atoms with Crippen molar-refractivity contribution in [2.45, 2.75) is 46.0 Å². The fraction of sp³-hybridized carbons (Fsp3) is 0.467. The van der Waals surface area contributed by atoms with Crippen LogP contribution < -0.4 is 19.5 Å².